The molecule has 0 spiro atoms. The van der Waals surface area contributed by atoms with Gasteiger partial charge in [-0.3, -0.25) is 24.1 Å². The molecule has 340 valence electrons. The highest BCUT2D eigenvalue weighted by Gasteiger charge is 2.43. The van der Waals surface area contributed by atoms with Crippen LogP contribution in [0.5, 0.6) is 0 Å². The Balaban J connectivity index is 1.49. The molecule has 2 aromatic heterocycles. The number of rotatable bonds is 23. The van der Waals surface area contributed by atoms with E-state index in [0.29, 0.717) is 43.7 Å². The van der Waals surface area contributed by atoms with E-state index in [9.17, 15) is 19.2 Å². The second kappa shape index (κ2) is 23.7. The number of nitrogens with two attached hydrogens (primary N) is 1. The number of nitrogen functional groups attached to an aromatic ring is 1. The molecule has 0 bridgehead atoms. The van der Waals surface area contributed by atoms with Crippen molar-refractivity contribution in [3.8, 4) is 0 Å². The topological polar surface area (TPSA) is 172 Å². The number of carbonyl (C=O) groups excluding carboxylic acids is 4. The molecule has 3 heterocycles. The van der Waals surface area contributed by atoms with Gasteiger partial charge in [0.2, 0.25) is 23.6 Å². The van der Waals surface area contributed by atoms with Gasteiger partial charge in [-0.25, -0.2) is 9.97 Å². The molecule has 4 N–H and O–H groups in total. The second-order valence-corrected chi connectivity index (χ2v) is 18.1. The van der Waals surface area contributed by atoms with Crippen LogP contribution >= 0.6 is 11.3 Å². The van der Waals surface area contributed by atoms with E-state index in [1.165, 1.54) is 18.4 Å². The minimum atomic E-state index is -0.861. The molecule has 62 heavy (non-hydrogen) atoms. The molecule has 8 atom stereocenters. The van der Waals surface area contributed by atoms with Gasteiger partial charge in [0.1, 0.15) is 16.9 Å². The van der Waals surface area contributed by atoms with Gasteiger partial charge in [0.05, 0.1) is 48.7 Å². The van der Waals surface area contributed by atoms with Crippen LogP contribution < -0.4 is 16.4 Å². The lowest BCUT2D eigenvalue weighted by molar-refractivity contribution is -0.145. The summed E-state index contributed by atoms with van der Waals surface area (Å²) in [5.74, 6) is -1.43. The summed E-state index contributed by atoms with van der Waals surface area (Å²) in [5, 5.41) is 9.03. The number of ether oxygens (including phenoxy) is 2. The fourth-order valence-corrected chi connectivity index (χ4v) is 9.44. The Kier molecular flexibility index (Phi) is 19.1. The normalized spacial score (nSPS) is 17.6. The molecule has 3 aromatic rings. The zero-order chi connectivity index (χ0) is 45.7. The van der Waals surface area contributed by atoms with Gasteiger partial charge in [0.25, 0.3) is 0 Å². The van der Waals surface area contributed by atoms with E-state index in [4.69, 9.17) is 15.2 Å². The van der Waals surface area contributed by atoms with E-state index in [1.807, 2.05) is 95.3 Å². The Morgan fingerprint density at radius 1 is 0.935 bits per heavy atom. The third-order valence-electron chi connectivity index (χ3n) is 12.1. The largest absolute Gasteiger partial charge is 0.384 e. The predicted molar refractivity (Wildman–Crippen MR) is 245 cm³/mol. The van der Waals surface area contributed by atoms with Gasteiger partial charge >= 0.3 is 0 Å². The number of nitrogens with one attached hydrogen (secondary N) is 2. The number of benzene rings is 1. The van der Waals surface area contributed by atoms with Crippen LogP contribution in [0.15, 0.2) is 72.4 Å². The molecular weight excluding hydrogens is 805 g/mol. The summed E-state index contributed by atoms with van der Waals surface area (Å²) in [6, 6.07) is 10.9. The van der Waals surface area contributed by atoms with Crippen molar-refractivity contribution in [2.24, 2.45) is 17.8 Å². The van der Waals surface area contributed by atoms with Crippen molar-refractivity contribution < 1.29 is 28.7 Å². The van der Waals surface area contributed by atoms with Crippen molar-refractivity contribution in [1.29, 1.82) is 0 Å². The van der Waals surface area contributed by atoms with Crippen LogP contribution in [0.4, 0.5) is 5.82 Å². The number of anilines is 1. The lowest BCUT2D eigenvalue weighted by Crippen LogP contribution is -2.59. The molecule has 0 unspecified atom stereocenters. The van der Waals surface area contributed by atoms with E-state index < -0.39 is 36.3 Å². The molecule has 1 aliphatic heterocycles. The average molecular weight is 875 g/mol. The van der Waals surface area contributed by atoms with Crippen LogP contribution in [0.2, 0.25) is 0 Å². The summed E-state index contributed by atoms with van der Waals surface area (Å²) in [6.45, 7) is 16.8. The number of thiazole rings is 1. The number of amides is 4. The maximum absolute atomic E-state index is 14.5. The van der Waals surface area contributed by atoms with Crippen molar-refractivity contribution in [1.82, 2.24) is 35.3 Å². The first-order valence-corrected chi connectivity index (χ1v) is 22.6. The van der Waals surface area contributed by atoms with Gasteiger partial charge < -0.3 is 35.6 Å². The van der Waals surface area contributed by atoms with Gasteiger partial charge in [-0.15, -0.1) is 11.3 Å². The summed E-state index contributed by atoms with van der Waals surface area (Å²) in [4.78, 5) is 70.9. The van der Waals surface area contributed by atoms with Crippen LogP contribution in [0.25, 0.3) is 0 Å². The van der Waals surface area contributed by atoms with Crippen LogP contribution in [0, 0.1) is 17.8 Å². The summed E-state index contributed by atoms with van der Waals surface area (Å²) in [5.41, 5.74) is 8.64. The fourth-order valence-electron chi connectivity index (χ4n) is 8.76. The maximum Gasteiger partial charge on any atom is 0.245 e. The Bertz CT molecular complexity index is 1910. The molecule has 1 aromatic carbocycles. The number of carbonyl (C=O) groups is 4. The summed E-state index contributed by atoms with van der Waals surface area (Å²) in [7, 11) is 6.68. The van der Waals surface area contributed by atoms with E-state index in [0.717, 1.165) is 22.6 Å². The smallest absolute Gasteiger partial charge is 0.245 e. The SMILES string of the molecule is C=C(CC)[C@@H]([C@@H](CC(=O)N1CCC[C@H]1[C@H](OC)[C@@H](C)C(=O)N[C@@H](Cc1ccccc1)c1nccs1)OC)N(C)C(=O)[C@@H](NC(=O)[C@H](C(C)C)N(C)Cc1ccnc(N)c1)C(C)C. The van der Waals surface area contributed by atoms with E-state index in [-0.39, 0.29) is 54.0 Å². The molecule has 0 saturated carbocycles. The minimum absolute atomic E-state index is 0.0348. The molecule has 14 nitrogen and oxygen atoms in total. The Morgan fingerprint density at radius 2 is 1.65 bits per heavy atom. The van der Waals surface area contributed by atoms with Crippen LogP contribution in [0.3, 0.4) is 0 Å². The number of methoxy groups -OCH3 is 2. The Morgan fingerprint density at radius 3 is 2.23 bits per heavy atom. The summed E-state index contributed by atoms with van der Waals surface area (Å²) >= 11 is 1.50. The lowest BCUT2D eigenvalue weighted by atomic mass is 9.92. The van der Waals surface area contributed by atoms with Crippen LogP contribution in [0.1, 0.15) is 89.4 Å². The van der Waals surface area contributed by atoms with Gasteiger partial charge in [0, 0.05) is 52.1 Å². The quantitative estimate of drug-likeness (QED) is 0.101. The Labute approximate surface area is 373 Å². The molecular formula is C47H70N8O6S. The monoisotopic (exact) mass is 875 g/mol. The second-order valence-electron chi connectivity index (χ2n) is 17.2. The molecule has 4 rings (SSSR count). The third-order valence-corrected chi connectivity index (χ3v) is 13.0. The first-order valence-electron chi connectivity index (χ1n) is 21.8. The molecule has 1 aliphatic rings. The van der Waals surface area contributed by atoms with Crippen LogP contribution in [-0.4, -0.2) is 120 Å². The van der Waals surface area contributed by atoms with Crippen molar-refractivity contribution >= 4 is 40.8 Å². The van der Waals surface area contributed by atoms with Gasteiger partial charge in [-0.1, -0.05) is 84.0 Å². The highest BCUT2D eigenvalue weighted by molar-refractivity contribution is 7.09. The third kappa shape index (κ3) is 12.9. The number of hydrogen-bond acceptors (Lipinski definition) is 11. The van der Waals surface area contributed by atoms with Crippen molar-refractivity contribution in [2.75, 3.05) is 40.6 Å². The molecule has 1 fully saturated rings. The number of likely N-dealkylation sites (N-methyl/N-ethyl adjacent to an activating group) is 2. The van der Waals surface area contributed by atoms with Gasteiger partial charge in [-0.2, -0.15) is 0 Å². The predicted octanol–water partition coefficient (Wildman–Crippen LogP) is 5.66. The van der Waals surface area contributed by atoms with Crippen molar-refractivity contribution in [3.63, 3.8) is 0 Å². The van der Waals surface area contributed by atoms with Gasteiger partial charge in [-0.05, 0) is 67.8 Å². The molecule has 0 aliphatic carbocycles. The van der Waals surface area contributed by atoms with E-state index >= 15 is 0 Å². The maximum atomic E-state index is 14.5. The van der Waals surface area contributed by atoms with Crippen molar-refractivity contribution in [2.45, 2.75) is 123 Å². The summed E-state index contributed by atoms with van der Waals surface area (Å²) < 4.78 is 12.1. The first kappa shape index (κ1) is 50.0. The number of pyridine rings is 1. The average Bonchev–Trinajstić information content (AvgIpc) is 3.96. The minimum Gasteiger partial charge on any atom is -0.384 e. The fraction of sp³-hybridized carbons (Fsp3) is 0.574. The zero-order valence-corrected chi connectivity index (χ0v) is 39.2. The molecule has 4 amide bonds. The van der Waals surface area contributed by atoms with E-state index in [2.05, 4.69) is 27.2 Å². The highest BCUT2D eigenvalue weighted by Crippen LogP contribution is 2.30. The van der Waals surface area contributed by atoms with Crippen molar-refractivity contribution in [3.05, 3.63) is 88.5 Å². The van der Waals surface area contributed by atoms with E-state index in [1.54, 1.807) is 42.4 Å². The molecule has 15 heteroatoms. The highest BCUT2D eigenvalue weighted by atomic mass is 32.1. The standard InChI is InChI=1S/C47H70N8O6S/c1-12-31(6)42(54(9)47(59)40(29(2)3)52-45(58)41(30(4)5)53(8)28-34-20-21-49-38(48)26-34)37(60-10)27-39(56)55-23-16-19-36(55)43(61-11)32(7)44(57)51-35(46-50-22-24-62-46)25-33-17-14-13-15-18-33/h13-15,17-18,20-22,24,26,29-30,32,35-37,40-43H,6,12,16,19,23,25,27-28H2,1-5,7-11H3,(H2,48,49)(H,51,57)(H,52,58)/t32-,35+,36+,37-,40+,41+,42+,43-/m1/s1. The zero-order valence-electron chi connectivity index (χ0n) is 38.4. The number of likely N-dealkylation sites (tertiary alicyclic amines) is 1. The molecule has 1 saturated heterocycles. The van der Waals surface area contributed by atoms with Crippen LogP contribution in [-0.2, 0) is 41.6 Å². The Hall–Kier alpha value is -4.70. The summed E-state index contributed by atoms with van der Waals surface area (Å²) in [6.07, 6.45) is 4.57. The first-order chi connectivity index (χ1) is 29.5. The lowest BCUT2D eigenvalue weighted by Gasteiger charge is -2.39. The number of aromatic nitrogens is 2. The number of hydrogen-bond donors (Lipinski definition) is 3. The molecule has 0 radical (unpaired) electrons. The number of nitrogens with zero attached hydrogens (tertiary/aromatic N) is 5. The van der Waals surface area contributed by atoms with Gasteiger partial charge in [0.15, 0.2) is 0 Å².